The van der Waals surface area contributed by atoms with Crippen LogP contribution in [0.3, 0.4) is 0 Å². The zero-order valence-corrected chi connectivity index (χ0v) is 24.4. The average Bonchev–Trinajstić information content (AvgIpc) is 3.18. The van der Waals surface area contributed by atoms with Gasteiger partial charge in [-0.25, -0.2) is 4.79 Å². The standard InChI is InChI=1S/C31H37F3N2O5/c1-29(2,3)21-14-19(15-22(25(21)38)30(4,5)6)24(37)17-36-23(27(39)41-7)16-20(13-18-11-9-8-10-12-18)26(36)35-28(40)31(32,33)34/h8-12,14-15,20,23,38H,13,16-17H2,1-7H3/b35-26-/t20-,23-/m0/s1. The lowest BCUT2D eigenvalue weighted by Crippen LogP contribution is -2.43. The molecule has 1 saturated heterocycles. The molecule has 2 atom stereocenters. The van der Waals surface area contributed by atoms with E-state index in [9.17, 15) is 32.7 Å². The van der Waals surface area contributed by atoms with Crippen LogP contribution in [0.5, 0.6) is 5.75 Å². The van der Waals surface area contributed by atoms with Crippen molar-refractivity contribution in [2.75, 3.05) is 13.7 Å². The van der Waals surface area contributed by atoms with Gasteiger partial charge >= 0.3 is 18.1 Å². The molecule has 222 valence electrons. The number of amidine groups is 1. The molecule has 1 aliphatic heterocycles. The number of phenols is 1. The zero-order valence-electron chi connectivity index (χ0n) is 24.4. The van der Waals surface area contributed by atoms with Crippen molar-refractivity contribution >= 4 is 23.5 Å². The van der Waals surface area contributed by atoms with E-state index in [-0.39, 0.29) is 30.0 Å². The summed E-state index contributed by atoms with van der Waals surface area (Å²) in [7, 11) is 1.15. The largest absolute Gasteiger partial charge is 0.507 e. The first kappa shape index (κ1) is 31.8. The highest BCUT2D eigenvalue weighted by Gasteiger charge is 2.46. The van der Waals surface area contributed by atoms with Crippen LogP contribution in [-0.4, -0.2) is 59.4 Å². The Bertz CT molecular complexity index is 1300. The van der Waals surface area contributed by atoms with E-state index in [1.807, 2.05) is 41.5 Å². The number of nitrogens with zero attached hydrogens (tertiary/aromatic N) is 2. The van der Waals surface area contributed by atoms with Gasteiger partial charge in [0.15, 0.2) is 5.78 Å². The SMILES string of the molecule is COC(=O)[C@@H]1C[C@H](Cc2ccccc2)/C(=N/C(=O)C(F)(F)F)N1CC(=O)c1cc(C(C)(C)C)c(O)c(C(C)(C)C)c1. The number of methoxy groups -OCH3 is 1. The summed E-state index contributed by atoms with van der Waals surface area (Å²) >= 11 is 0. The van der Waals surface area contributed by atoms with Gasteiger partial charge in [-0.2, -0.15) is 18.2 Å². The summed E-state index contributed by atoms with van der Waals surface area (Å²) in [5, 5.41) is 11.0. The fraction of sp³-hybridized carbons (Fsp3) is 0.484. The summed E-state index contributed by atoms with van der Waals surface area (Å²) in [5.74, 6) is -4.56. The number of halogens is 3. The number of likely N-dealkylation sites (tertiary alicyclic amines) is 1. The molecule has 7 nitrogen and oxygen atoms in total. The van der Waals surface area contributed by atoms with Crippen molar-refractivity contribution in [2.45, 2.75) is 77.4 Å². The van der Waals surface area contributed by atoms with E-state index in [0.29, 0.717) is 11.1 Å². The van der Waals surface area contributed by atoms with Gasteiger partial charge in [-0.05, 0) is 41.4 Å². The number of carbonyl (C=O) groups is 3. The molecule has 2 aromatic rings. The van der Waals surface area contributed by atoms with E-state index >= 15 is 0 Å². The molecule has 1 N–H and O–H groups in total. The van der Waals surface area contributed by atoms with Crippen LogP contribution >= 0.6 is 0 Å². The second kappa shape index (κ2) is 11.7. The molecular weight excluding hydrogens is 537 g/mol. The first-order valence-corrected chi connectivity index (χ1v) is 13.3. The summed E-state index contributed by atoms with van der Waals surface area (Å²) in [6.07, 6.45) is -5.02. The third-order valence-corrected chi connectivity index (χ3v) is 7.16. The third-order valence-electron chi connectivity index (χ3n) is 7.16. The minimum Gasteiger partial charge on any atom is -0.507 e. The number of Topliss-reactive ketones (excluding diaryl/α,β-unsaturated/α-hetero) is 1. The maximum Gasteiger partial charge on any atom is 0.473 e. The number of ether oxygens (including phenoxy) is 1. The number of aromatic hydroxyl groups is 1. The fourth-order valence-corrected chi connectivity index (χ4v) is 5.03. The lowest BCUT2D eigenvalue weighted by Gasteiger charge is -2.29. The van der Waals surface area contributed by atoms with Crippen LogP contribution in [-0.2, 0) is 31.6 Å². The molecule has 0 bridgehead atoms. The average molecular weight is 575 g/mol. The molecule has 1 fully saturated rings. The minimum absolute atomic E-state index is 0.00881. The van der Waals surface area contributed by atoms with Gasteiger partial charge in [0, 0.05) is 22.6 Å². The summed E-state index contributed by atoms with van der Waals surface area (Å²) in [6, 6.07) is 10.9. The van der Waals surface area contributed by atoms with E-state index in [2.05, 4.69) is 4.99 Å². The van der Waals surface area contributed by atoms with E-state index < -0.39 is 53.2 Å². The van der Waals surface area contributed by atoms with Gasteiger partial charge < -0.3 is 14.7 Å². The Hall–Kier alpha value is -3.69. The number of hydrogen-bond donors (Lipinski definition) is 1. The lowest BCUT2D eigenvalue weighted by atomic mass is 9.78. The van der Waals surface area contributed by atoms with Crippen LogP contribution in [0.4, 0.5) is 13.2 Å². The van der Waals surface area contributed by atoms with Crippen LogP contribution in [0.1, 0.15) is 75.0 Å². The second-order valence-electron chi connectivity index (χ2n) is 12.4. The van der Waals surface area contributed by atoms with Crippen molar-refractivity contribution in [3.05, 3.63) is 64.7 Å². The number of carbonyl (C=O) groups excluding carboxylic acids is 3. The summed E-state index contributed by atoms with van der Waals surface area (Å²) in [5.41, 5.74) is 0.980. The Morgan fingerprint density at radius 1 is 0.976 bits per heavy atom. The van der Waals surface area contributed by atoms with Crippen molar-refractivity contribution in [3.63, 3.8) is 0 Å². The Balaban J connectivity index is 2.13. The third kappa shape index (κ3) is 7.34. The maximum absolute atomic E-state index is 13.8. The molecule has 1 aliphatic rings. The lowest BCUT2D eigenvalue weighted by molar-refractivity contribution is -0.169. The molecule has 1 heterocycles. The van der Waals surface area contributed by atoms with E-state index in [1.165, 1.54) is 0 Å². The molecule has 2 aromatic carbocycles. The molecule has 0 unspecified atom stereocenters. The minimum atomic E-state index is -5.23. The molecule has 0 spiro atoms. The molecule has 41 heavy (non-hydrogen) atoms. The molecule has 0 aliphatic carbocycles. The number of aliphatic imine (C=N–C) groups is 1. The first-order valence-electron chi connectivity index (χ1n) is 13.3. The smallest absolute Gasteiger partial charge is 0.473 e. The Morgan fingerprint density at radius 2 is 1.51 bits per heavy atom. The first-order chi connectivity index (χ1) is 18.8. The monoisotopic (exact) mass is 574 g/mol. The number of ketones is 1. The normalized spacial score (nSPS) is 19.0. The van der Waals surface area contributed by atoms with Crippen LogP contribution in [0, 0.1) is 5.92 Å². The van der Waals surface area contributed by atoms with E-state index in [0.717, 1.165) is 17.6 Å². The van der Waals surface area contributed by atoms with E-state index in [1.54, 1.807) is 42.5 Å². The highest BCUT2D eigenvalue weighted by Crippen LogP contribution is 2.40. The number of benzene rings is 2. The number of amides is 1. The molecule has 0 radical (unpaired) electrons. The number of phenolic OH excluding ortho intramolecular Hbond substituents is 1. The van der Waals surface area contributed by atoms with Crippen LogP contribution < -0.4 is 0 Å². The number of alkyl halides is 3. The highest BCUT2D eigenvalue weighted by atomic mass is 19.4. The molecular formula is C31H37F3N2O5. The van der Waals surface area contributed by atoms with Crippen LogP contribution in [0.25, 0.3) is 0 Å². The summed E-state index contributed by atoms with van der Waals surface area (Å²) in [4.78, 5) is 43.2. The van der Waals surface area contributed by atoms with Gasteiger partial charge in [0.1, 0.15) is 17.6 Å². The quantitative estimate of drug-likeness (QED) is 0.348. The van der Waals surface area contributed by atoms with Gasteiger partial charge in [-0.1, -0.05) is 71.9 Å². The number of hydrogen-bond acceptors (Lipinski definition) is 5. The fourth-order valence-electron chi connectivity index (χ4n) is 5.03. The number of rotatable bonds is 6. The molecule has 0 aromatic heterocycles. The maximum atomic E-state index is 13.8. The number of esters is 1. The van der Waals surface area contributed by atoms with Crippen molar-refractivity contribution in [1.82, 2.24) is 4.90 Å². The van der Waals surface area contributed by atoms with Crippen LogP contribution in [0.2, 0.25) is 0 Å². The van der Waals surface area contributed by atoms with Gasteiger partial charge in [0.2, 0.25) is 0 Å². The predicted molar refractivity (Wildman–Crippen MR) is 149 cm³/mol. The molecule has 0 saturated carbocycles. The molecule has 1 amide bonds. The Morgan fingerprint density at radius 3 is 1.98 bits per heavy atom. The van der Waals surface area contributed by atoms with Crippen molar-refractivity contribution in [1.29, 1.82) is 0 Å². The summed E-state index contributed by atoms with van der Waals surface area (Å²) in [6.45, 7) is 10.8. The van der Waals surface area contributed by atoms with Gasteiger partial charge in [0.05, 0.1) is 13.7 Å². The van der Waals surface area contributed by atoms with Gasteiger partial charge in [0.25, 0.3) is 0 Å². The Labute approximate surface area is 238 Å². The topological polar surface area (TPSA) is 96.3 Å². The second-order valence-corrected chi connectivity index (χ2v) is 12.4. The van der Waals surface area contributed by atoms with Crippen molar-refractivity contribution < 1.29 is 37.4 Å². The van der Waals surface area contributed by atoms with Gasteiger partial charge in [-0.3, -0.25) is 9.59 Å². The molecule has 10 heteroatoms. The zero-order chi connectivity index (χ0) is 30.9. The Kier molecular flexibility index (Phi) is 9.05. The van der Waals surface area contributed by atoms with Crippen molar-refractivity contribution in [3.8, 4) is 5.75 Å². The van der Waals surface area contributed by atoms with E-state index in [4.69, 9.17) is 4.74 Å². The van der Waals surface area contributed by atoms with Crippen LogP contribution in [0.15, 0.2) is 47.5 Å². The van der Waals surface area contributed by atoms with Crippen molar-refractivity contribution in [2.24, 2.45) is 10.9 Å². The highest BCUT2D eigenvalue weighted by molar-refractivity contribution is 6.05. The molecule has 3 rings (SSSR count). The van der Waals surface area contributed by atoms with Gasteiger partial charge in [-0.15, -0.1) is 0 Å². The summed E-state index contributed by atoms with van der Waals surface area (Å²) < 4.78 is 44.9. The predicted octanol–water partition coefficient (Wildman–Crippen LogP) is 5.76.